The van der Waals surface area contributed by atoms with Crippen LogP contribution in [-0.2, 0) is 9.98 Å². The van der Waals surface area contributed by atoms with Crippen LogP contribution in [0.5, 0.6) is 0 Å². The first-order chi connectivity index (χ1) is 27.6. The molecule has 0 aromatic heterocycles. The minimum Gasteiger partial charge on any atom is -0.309 e. The molecule has 0 bridgehead atoms. The number of benzene rings is 9. The Labute approximate surface area is 329 Å². The molecular weight excluding hydrogens is 696 g/mol. The normalized spacial score (nSPS) is 12.9. The van der Waals surface area contributed by atoms with Gasteiger partial charge in [-0.15, -0.1) is 0 Å². The Morgan fingerprint density at radius 1 is 0.393 bits per heavy atom. The molecule has 0 saturated heterocycles. The summed E-state index contributed by atoms with van der Waals surface area (Å²) in [6.07, 6.45) is 0. The zero-order valence-electron chi connectivity index (χ0n) is 31.1. The molecule has 2 heteroatoms. The lowest BCUT2D eigenvalue weighted by Gasteiger charge is -2.42. The minimum absolute atomic E-state index is 0.488. The molecule has 0 N–H and O–H groups in total. The lowest BCUT2D eigenvalue weighted by Crippen LogP contribution is -2.34. The second-order valence-electron chi connectivity index (χ2n) is 14.8. The largest absolute Gasteiger partial charge is 0.309 e. The third-order valence-electron chi connectivity index (χ3n) is 11.8. The van der Waals surface area contributed by atoms with Gasteiger partial charge in [0.05, 0.1) is 5.41 Å². The van der Waals surface area contributed by atoms with Crippen LogP contribution in [0.1, 0.15) is 27.8 Å². The molecule has 0 radical (unpaired) electrons. The van der Waals surface area contributed by atoms with Crippen molar-refractivity contribution < 1.29 is 4.57 Å². The van der Waals surface area contributed by atoms with Crippen molar-refractivity contribution in [2.75, 3.05) is 0 Å². The van der Waals surface area contributed by atoms with Crippen molar-refractivity contribution in [3.05, 3.63) is 246 Å². The Morgan fingerprint density at radius 3 is 1.41 bits per heavy atom. The Bertz CT molecular complexity index is 2820. The Hall–Kier alpha value is -6.53. The van der Waals surface area contributed by atoms with Crippen molar-refractivity contribution in [2.45, 2.75) is 12.3 Å². The van der Waals surface area contributed by atoms with Gasteiger partial charge in [-0.25, -0.2) is 0 Å². The van der Waals surface area contributed by atoms with Gasteiger partial charge < -0.3 is 4.57 Å². The minimum atomic E-state index is -3.04. The van der Waals surface area contributed by atoms with E-state index in [4.69, 9.17) is 0 Å². The van der Waals surface area contributed by atoms with Crippen LogP contribution in [0.4, 0.5) is 0 Å². The molecule has 266 valence electrons. The smallest absolute Gasteiger partial charge is 0.171 e. The zero-order valence-corrected chi connectivity index (χ0v) is 32.0. The molecule has 0 fully saturated rings. The highest BCUT2D eigenvalue weighted by Gasteiger charge is 2.44. The summed E-state index contributed by atoms with van der Waals surface area (Å²) in [5.41, 5.74) is 13.2. The summed E-state index contributed by atoms with van der Waals surface area (Å²) in [5, 5.41) is 5.08. The predicted octanol–water partition coefficient (Wildman–Crippen LogP) is 12.5. The molecule has 0 saturated carbocycles. The van der Waals surface area contributed by atoms with Crippen molar-refractivity contribution >= 4 is 33.8 Å². The zero-order chi connectivity index (χ0) is 37.7. The molecule has 56 heavy (non-hydrogen) atoms. The Balaban J connectivity index is 1.10. The topological polar surface area (TPSA) is 17.1 Å². The van der Waals surface area contributed by atoms with Gasteiger partial charge in [-0.1, -0.05) is 218 Å². The van der Waals surface area contributed by atoms with Crippen LogP contribution in [0.3, 0.4) is 0 Å². The first kappa shape index (κ1) is 34.0. The van der Waals surface area contributed by atoms with Crippen LogP contribution in [0, 0.1) is 6.92 Å². The third-order valence-corrected chi connectivity index (χ3v) is 14.9. The first-order valence-electron chi connectivity index (χ1n) is 19.3. The summed E-state index contributed by atoms with van der Waals surface area (Å²) in [6.45, 7) is 2.27. The van der Waals surface area contributed by atoms with Gasteiger partial charge in [-0.2, -0.15) is 0 Å². The van der Waals surface area contributed by atoms with Gasteiger partial charge in [0.25, 0.3) is 0 Å². The molecule has 9 aromatic carbocycles. The van der Waals surface area contributed by atoms with E-state index in [9.17, 15) is 4.57 Å². The molecule has 0 unspecified atom stereocenters. The number of rotatable bonds is 7. The fraction of sp³-hybridized carbons (Fsp3) is 0.0370. The number of hydrogen-bond acceptors (Lipinski definition) is 1. The fourth-order valence-corrected chi connectivity index (χ4v) is 11.9. The molecule has 10 rings (SSSR count). The Kier molecular flexibility index (Phi) is 8.28. The highest BCUT2D eigenvalue weighted by Crippen LogP contribution is 2.57. The first-order valence-corrected chi connectivity index (χ1v) is 21.0. The van der Waals surface area contributed by atoms with Crippen molar-refractivity contribution in [1.29, 1.82) is 0 Å². The van der Waals surface area contributed by atoms with E-state index in [1.807, 2.05) is 72.8 Å². The maximum atomic E-state index is 14.9. The van der Waals surface area contributed by atoms with E-state index in [0.717, 1.165) is 27.0 Å². The average Bonchev–Trinajstić information content (AvgIpc) is 3.28. The molecule has 0 heterocycles. The van der Waals surface area contributed by atoms with Crippen LogP contribution < -0.4 is 15.9 Å². The molecule has 1 aliphatic rings. The summed E-state index contributed by atoms with van der Waals surface area (Å²) in [6, 6.07) is 77.3. The Morgan fingerprint density at radius 2 is 0.839 bits per heavy atom. The highest BCUT2D eigenvalue weighted by molar-refractivity contribution is 7.85. The quantitative estimate of drug-likeness (QED) is 0.149. The fourth-order valence-electron chi connectivity index (χ4n) is 9.28. The summed E-state index contributed by atoms with van der Waals surface area (Å²) >= 11 is 0. The third kappa shape index (κ3) is 5.20. The standard InChI is InChI=1S/C54H39OP/c1-38-37-49(41-31-29-39(30-32-41)40-33-35-46(36-34-40)56(55,44-21-10-4-11-22-44)45-23-12-5-13-24-45)47-26-16-28-51-53(47)52(38)48-25-14-15-27-50(48)54(51,42-17-6-2-7-18-42)43-19-8-3-9-20-43/h2-37H,1H3. The molecule has 0 spiro atoms. The van der Waals surface area contributed by atoms with Crippen LogP contribution in [-0.4, -0.2) is 0 Å². The SMILES string of the molecule is Cc1cc(-c2ccc(-c3ccc(P(=O)(c4ccccc4)c4ccccc4)cc3)cc2)c2cccc3c2c1-c1ccccc1C3(c1ccccc1)c1ccccc1. The monoisotopic (exact) mass is 734 g/mol. The summed E-state index contributed by atoms with van der Waals surface area (Å²) in [7, 11) is -3.04. The van der Waals surface area contributed by atoms with Crippen molar-refractivity contribution in [1.82, 2.24) is 0 Å². The lowest BCUT2D eigenvalue weighted by molar-refractivity contribution is 0.592. The number of hydrogen-bond donors (Lipinski definition) is 0. The lowest BCUT2D eigenvalue weighted by atomic mass is 9.59. The van der Waals surface area contributed by atoms with Crippen LogP contribution in [0.2, 0.25) is 0 Å². The van der Waals surface area contributed by atoms with Gasteiger partial charge in [0.2, 0.25) is 0 Å². The van der Waals surface area contributed by atoms with E-state index in [1.54, 1.807) is 0 Å². The van der Waals surface area contributed by atoms with E-state index >= 15 is 0 Å². The van der Waals surface area contributed by atoms with Crippen LogP contribution >= 0.6 is 7.14 Å². The van der Waals surface area contributed by atoms with Gasteiger partial charge in [0.1, 0.15) is 0 Å². The van der Waals surface area contributed by atoms with E-state index in [-0.39, 0.29) is 0 Å². The van der Waals surface area contributed by atoms with Gasteiger partial charge in [0.15, 0.2) is 7.14 Å². The maximum Gasteiger partial charge on any atom is 0.171 e. The molecule has 0 amide bonds. The predicted molar refractivity (Wildman–Crippen MR) is 236 cm³/mol. The molecule has 0 atom stereocenters. The molecular formula is C54H39OP. The highest BCUT2D eigenvalue weighted by atomic mass is 31.2. The maximum absolute atomic E-state index is 14.9. The van der Waals surface area contributed by atoms with Crippen LogP contribution in [0.15, 0.2) is 218 Å². The van der Waals surface area contributed by atoms with E-state index in [1.165, 1.54) is 60.8 Å². The molecule has 1 nitrogen and oxygen atoms in total. The van der Waals surface area contributed by atoms with Gasteiger partial charge >= 0.3 is 0 Å². The van der Waals surface area contributed by atoms with Gasteiger partial charge in [0, 0.05) is 15.9 Å². The van der Waals surface area contributed by atoms with E-state index in [2.05, 4.69) is 153 Å². The molecule has 1 aliphatic carbocycles. The number of aryl methyl sites for hydroxylation is 1. The van der Waals surface area contributed by atoms with Crippen LogP contribution in [0.25, 0.3) is 44.2 Å². The summed E-state index contributed by atoms with van der Waals surface area (Å²) < 4.78 is 14.9. The van der Waals surface area contributed by atoms with E-state index < -0.39 is 12.6 Å². The van der Waals surface area contributed by atoms with Crippen molar-refractivity contribution in [3.8, 4) is 33.4 Å². The second-order valence-corrected chi connectivity index (χ2v) is 17.5. The number of fused-ring (bicyclic) bond motifs is 2. The molecule has 9 aromatic rings. The van der Waals surface area contributed by atoms with Gasteiger partial charge in [-0.3, -0.25) is 0 Å². The summed E-state index contributed by atoms with van der Waals surface area (Å²) in [5.74, 6) is 0. The van der Waals surface area contributed by atoms with Crippen molar-refractivity contribution in [2.24, 2.45) is 0 Å². The van der Waals surface area contributed by atoms with Crippen molar-refractivity contribution in [3.63, 3.8) is 0 Å². The van der Waals surface area contributed by atoms with E-state index in [0.29, 0.717) is 0 Å². The average molecular weight is 735 g/mol. The molecule has 0 aliphatic heterocycles. The second kappa shape index (κ2) is 13.6. The van der Waals surface area contributed by atoms with Gasteiger partial charge in [-0.05, 0) is 78.9 Å². The summed E-state index contributed by atoms with van der Waals surface area (Å²) in [4.78, 5) is 0.